The van der Waals surface area contributed by atoms with E-state index >= 15 is 0 Å². The van der Waals surface area contributed by atoms with Crippen molar-refractivity contribution in [3.8, 4) is 5.75 Å². The number of ether oxygens (including phenoxy) is 1. The van der Waals surface area contributed by atoms with Gasteiger partial charge in [0.25, 0.3) is 11.8 Å². The van der Waals surface area contributed by atoms with Gasteiger partial charge in [0.05, 0.1) is 29.7 Å². The maximum Gasteiger partial charge on any atom is 0.259 e. The first-order chi connectivity index (χ1) is 12.6. The first-order valence-electron chi connectivity index (χ1n) is 8.06. The molecule has 6 nitrogen and oxygen atoms in total. The maximum absolute atomic E-state index is 12.7. The summed E-state index contributed by atoms with van der Waals surface area (Å²) in [5.74, 6) is 0.481. The Bertz CT molecular complexity index is 929. The molecule has 0 aliphatic heterocycles. The number of carbonyl (C=O) groups excluding carboxylic acids is 2. The number of hydrogen-bond acceptors (Lipinski definition) is 5. The van der Waals surface area contributed by atoms with Crippen molar-refractivity contribution in [3.63, 3.8) is 0 Å². The molecular formula is C19H18N2O4S. The molecule has 2 heterocycles. The van der Waals surface area contributed by atoms with Gasteiger partial charge in [-0.05, 0) is 43.5 Å². The molecule has 0 bridgehead atoms. The van der Waals surface area contributed by atoms with Gasteiger partial charge in [0.15, 0.2) is 0 Å². The van der Waals surface area contributed by atoms with Crippen LogP contribution >= 0.6 is 11.3 Å². The predicted molar refractivity (Wildman–Crippen MR) is 101 cm³/mol. The van der Waals surface area contributed by atoms with Crippen molar-refractivity contribution in [3.05, 3.63) is 64.9 Å². The highest BCUT2D eigenvalue weighted by molar-refractivity contribution is 7.14. The molecule has 1 aromatic carbocycles. The van der Waals surface area contributed by atoms with Crippen LogP contribution in [-0.2, 0) is 0 Å². The molecule has 2 aromatic heterocycles. The Balaban J connectivity index is 1.77. The second kappa shape index (κ2) is 7.88. The monoisotopic (exact) mass is 370 g/mol. The Morgan fingerprint density at radius 2 is 1.85 bits per heavy atom. The Labute approximate surface area is 154 Å². The summed E-state index contributed by atoms with van der Waals surface area (Å²) >= 11 is 1.28. The summed E-state index contributed by atoms with van der Waals surface area (Å²) in [6.07, 6.45) is 1.46. The molecule has 0 radical (unpaired) electrons. The maximum atomic E-state index is 12.7. The Kier molecular flexibility index (Phi) is 5.38. The predicted octanol–water partition coefficient (Wildman–Crippen LogP) is 4.55. The Morgan fingerprint density at radius 1 is 1.08 bits per heavy atom. The zero-order valence-electron chi connectivity index (χ0n) is 14.4. The summed E-state index contributed by atoms with van der Waals surface area (Å²) in [5.41, 5.74) is 1.40. The van der Waals surface area contributed by atoms with E-state index in [0.717, 1.165) is 0 Å². The van der Waals surface area contributed by atoms with Gasteiger partial charge >= 0.3 is 0 Å². The lowest BCUT2D eigenvalue weighted by atomic mass is 10.2. The lowest BCUT2D eigenvalue weighted by Crippen LogP contribution is -2.17. The largest absolute Gasteiger partial charge is 0.492 e. The molecular weight excluding hydrogens is 352 g/mol. The van der Waals surface area contributed by atoms with E-state index in [9.17, 15) is 9.59 Å². The quantitative estimate of drug-likeness (QED) is 0.667. The van der Waals surface area contributed by atoms with Crippen molar-refractivity contribution in [1.82, 2.24) is 0 Å². The van der Waals surface area contributed by atoms with E-state index in [2.05, 4.69) is 10.6 Å². The zero-order valence-corrected chi connectivity index (χ0v) is 15.2. The summed E-state index contributed by atoms with van der Waals surface area (Å²) in [4.78, 5) is 25.0. The first-order valence-corrected chi connectivity index (χ1v) is 8.94. The average Bonchev–Trinajstić information content (AvgIpc) is 3.25. The fraction of sp³-hybridized carbons (Fsp3) is 0.158. The fourth-order valence-electron chi connectivity index (χ4n) is 2.42. The highest BCUT2D eigenvalue weighted by Gasteiger charge is 2.19. The smallest absolute Gasteiger partial charge is 0.259 e. The van der Waals surface area contributed by atoms with Crippen LogP contribution in [0.25, 0.3) is 0 Å². The van der Waals surface area contributed by atoms with Crippen molar-refractivity contribution < 1.29 is 18.7 Å². The second-order valence-corrected chi connectivity index (χ2v) is 6.31. The number of carbonyl (C=O) groups is 2. The van der Waals surface area contributed by atoms with Crippen LogP contribution in [0.4, 0.5) is 10.7 Å². The van der Waals surface area contributed by atoms with Crippen LogP contribution in [0.2, 0.25) is 0 Å². The van der Waals surface area contributed by atoms with E-state index in [0.29, 0.717) is 39.9 Å². The number of furan rings is 1. The molecule has 0 aliphatic carbocycles. The second-order valence-electron chi connectivity index (χ2n) is 5.39. The minimum atomic E-state index is -0.322. The number of thiophene rings is 1. The molecule has 0 spiro atoms. The summed E-state index contributed by atoms with van der Waals surface area (Å²) < 4.78 is 10.7. The van der Waals surface area contributed by atoms with E-state index in [1.54, 1.807) is 36.6 Å². The third-order valence-electron chi connectivity index (χ3n) is 3.68. The number of benzene rings is 1. The Morgan fingerprint density at radius 3 is 2.58 bits per heavy atom. The molecule has 0 saturated carbocycles. The zero-order chi connectivity index (χ0) is 18.5. The molecule has 134 valence electrons. The number of aryl methyl sites for hydroxylation is 1. The number of para-hydroxylation sites is 2. The van der Waals surface area contributed by atoms with Gasteiger partial charge in [0.1, 0.15) is 16.5 Å². The van der Waals surface area contributed by atoms with Crippen LogP contribution < -0.4 is 15.4 Å². The van der Waals surface area contributed by atoms with E-state index in [-0.39, 0.29) is 11.8 Å². The number of amides is 2. The van der Waals surface area contributed by atoms with Crippen LogP contribution in [0, 0.1) is 6.92 Å². The minimum absolute atomic E-state index is 0.317. The number of rotatable bonds is 6. The normalized spacial score (nSPS) is 10.4. The van der Waals surface area contributed by atoms with Crippen molar-refractivity contribution in [2.45, 2.75) is 13.8 Å². The highest BCUT2D eigenvalue weighted by atomic mass is 32.1. The molecule has 0 atom stereocenters. The van der Waals surface area contributed by atoms with Crippen molar-refractivity contribution in [1.29, 1.82) is 0 Å². The first kappa shape index (κ1) is 17.8. The van der Waals surface area contributed by atoms with Crippen molar-refractivity contribution in [2.24, 2.45) is 0 Å². The topological polar surface area (TPSA) is 80.6 Å². The van der Waals surface area contributed by atoms with Gasteiger partial charge in [-0.1, -0.05) is 12.1 Å². The fourth-order valence-corrected chi connectivity index (χ4v) is 3.20. The van der Waals surface area contributed by atoms with Crippen LogP contribution in [0.1, 0.15) is 33.4 Å². The molecule has 0 saturated heterocycles. The number of nitrogens with one attached hydrogen (secondary N) is 2. The molecule has 26 heavy (non-hydrogen) atoms. The van der Waals surface area contributed by atoms with Crippen molar-refractivity contribution in [2.75, 3.05) is 17.2 Å². The van der Waals surface area contributed by atoms with Crippen LogP contribution in [0.15, 0.2) is 52.5 Å². The lowest BCUT2D eigenvalue weighted by molar-refractivity contribution is 0.102. The molecule has 2 amide bonds. The molecule has 0 fully saturated rings. The van der Waals surface area contributed by atoms with Gasteiger partial charge in [-0.3, -0.25) is 9.59 Å². The van der Waals surface area contributed by atoms with E-state index < -0.39 is 0 Å². The van der Waals surface area contributed by atoms with Crippen molar-refractivity contribution >= 4 is 33.8 Å². The van der Waals surface area contributed by atoms with Gasteiger partial charge in [0, 0.05) is 0 Å². The van der Waals surface area contributed by atoms with Crippen LogP contribution in [0.3, 0.4) is 0 Å². The number of anilines is 2. The summed E-state index contributed by atoms with van der Waals surface area (Å²) in [5, 5.41) is 7.82. The van der Waals surface area contributed by atoms with Gasteiger partial charge in [0.2, 0.25) is 0 Å². The average molecular weight is 370 g/mol. The van der Waals surface area contributed by atoms with E-state index in [4.69, 9.17) is 9.15 Å². The van der Waals surface area contributed by atoms with Gasteiger partial charge in [-0.25, -0.2) is 0 Å². The summed E-state index contributed by atoms with van der Waals surface area (Å²) in [6.45, 7) is 4.08. The summed E-state index contributed by atoms with van der Waals surface area (Å²) in [6, 6.07) is 10.5. The van der Waals surface area contributed by atoms with Gasteiger partial charge in [-0.15, -0.1) is 11.3 Å². The molecule has 3 aromatic rings. The molecule has 2 N–H and O–H groups in total. The molecule has 3 rings (SSSR count). The van der Waals surface area contributed by atoms with Gasteiger partial charge < -0.3 is 19.8 Å². The molecule has 0 aliphatic rings. The van der Waals surface area contributed by atoms with E-state index in [1.807, 2.05) is 19.1 Å². The van der Waals surface area contributed by atoms with Gasteiger partial charge in [-0.2, -0.15) is 0 Å². The molecule has 7 heteroatoms. The molecule has 0 unspecified atom stereocenters. The summed E-state index contributed by atoms with van der Waals surface area (Å²) in [7, 11) is 0. The lowest BCUT2D eigenvalue weighted by Gasteiger charge is -2.11. The Hall–Kier alpha value is -3.06. The SMILES string of the molecule is CCOc1ccccc1NC(=O)c1ccsc1NC(=O)c1ccoc1C. The van der Waals surface area contributed by atoms with Crippen LogP contribution in [-0.4, -0.2) is 18.4 Å². The third kappa shape index (κ3) is 3.78. The van der Waals surface area contributed by atoms with Crippen LogP contribution in [0.5, 0.6) is 5.75 Å². The minimum Gasteiger partial charge on any atom is -0.492 e. The standard InChI is InChI=1S/C19H18N2O4S/c1-3-24-16-7-5-4-6-15(16)20-18(23)14-9-11-26-19(14)21-17(22)13-8-10-25-12(13)2/h4-11H,3H2,1-2H3,(H,20,23)(H,21,22). The third-order valence-corrected chi connectivity index (χ3v) is 4.51. The number of hydrogen-bond donors (Lipinski definition) is 2. The highest BCUT2D eigenvalue weighted by Crippen LogP contribution is 2.28. The van der Waals surface area contributed by atoms with E-state index in [1.165, 1.54) is 17.6 Å².